The van der Waals surface area contributed by atoms with Crippen LogP contribution >= 0.6 is 0 Å². The lowest BCUT2D eigenvalue weighted by atomic mass is 10.0. The van der Waals surface area contributed by atoms with Gasteiger partial charge < -0.3 is 26.4 Å². The maximum atomic E-state index is 12.4. The summed E-state index contributed by atoms with van der Waals surface area (Å²) in [5.41, 5.74) is 5.04. The third-order valence-corrected chi connectivity index (χ3v) is 3.37. The van der Waals surface area contributed by atoms with Crippen LogP contribution in [0.5, 0.6) is 0 Å². The van der Waals surface area contributed by atoms with Crippen LogP contribution in [0.4, 0.5) is 4.79 Å². The summed E-state index contributed by atoms with van der Waals surface area (Å²) in [5.74, 6) is -2.19. The smallest absolute Gasteiger partial charge is 0.407 e. The molecule has 1 rings (SSSR count). The minimum absolute atomic E-state index is 0.00739. The minimum atomic E-state index is -0.892. The van der Waals surface area contributed by atoms with E-state index in [2.05, 4.69) is 16.0 Å². The molecule has 0 aromatic heterocycles. The van der Waals surface area contributed by atoms with Gasteiger partial charge in [-0.3, -0.25) is 14.4 Å². The topological polar surface area (TPSA) is 140 Å². The van der Waals surface area contributed by atoms with Gasteiger partial charge in [-0.1, -0.05) is 13.8 Å². The van der Waals surface area contributed by atoms with Gasteiger partial charge >= 0.3 is 6.09 Å². The Morgan fingerprint density at radius 2 is 2.00 bits per heavy atom. The molecule has 1 aliphatic rings. The van der Waals surface area contributed by atoms with Gasteiger partial charge in [-0.25, -0.2) is 4.79 Å². The van der Waals surface area contributed by atoms with E-state index >= 15 is 0 Å². The number of ether oxygens (including phenoxy) is 1. The zero-order chi connectivity index (χ0) is 18.5. The Bertz CT molecular complexity index is 512. The number of carbonyl (C=O) groups excluding carboxylic acids is 4. The summed E-state index contributed by atoms with van der Waals surface area (Å²) in [4.78, 5) is 47.2. The third kappa shape index (κ3) is 6.15. The third-order valence-electron chi connectivity index (χ3n) is 3.37. The van der Waals surface area contributed by atoms with Gasteiger partial charge in [-0.15, -0.1) is 0 Å². The molecule has 9 nitrogen and oxygen atoms in total. The number of Topliss-reactive ketones (excluding diaryl/α,β-unsaturated/α-hetero) is 1. The molecule has 0 bridgehead atoms. The second kappa shape index (κ2) is 8.09. The number of rotatable bonds is 6. The van der Waals surface area contributed by atoms with Crippen molar-refractivity contribution >= 4 is 23.7 Å². The van der Waals surface area contributed by atoms with Crippen molar-refractivity contribution in [3.63, 3.8) is 0 Å². The van der Waals surface area contributed by atoms with E-state index in [-0.39, 0.29) is 12.5 Å². The van der Waals surface area contributed by atoms with E-state index < -0.39 is 41.3 Å². The highest BCUT2D eigenvalue weighted by Gasteiger charge is 2.33. The average molecular weight is 342 g/mol. The Kier molecular flexibility index (Phi) is 6.70. The van der Waals surface area contributed by atoms with Gasteiger partial charge in [-0.05, 0) is 26.2 Å². The van der Waals surface area contributed by atoms with Gasteiger partial charge in [0.15, 0.2) is 0 Å². The number of ketones is 1. The molecule has 1 fully saturated rings. The molecule has 0 aromatic carbocycles. The lowest BCUT2D eigenvalue weighted by Crippen LogP contribution is -2.58. The summed E-state index contributed by atoms with van der Waals surface area (Å²) in [7, 11) is 0. The van der Waals surface area contributed by atoms with Crippen molar-refractivity contribution in [3.8, 4) is 0 Å². The molecular weight excluding hydrogens is 316 g/mol. The Hall–Kier alpha value is -2.16. The second-order valence-corrected chi connectivity index (χ2v) is 6.90. The summed E-state index contributed by atoms with van der Waals surface area (Å²) >= 11 is 0. The van der Waals surface area contributed by atoms with E-state index in [9.17, 15) is 19.2 Å². The number of hydrogen-bond donors (Lipinski definition) is 4. The van der Waals surface area contributed by atoms with E-state index in [1.54, 1.807) is 27.7 Å². The van der Waals surface area contributed by atoms with E-state index in [1.807, 2.05) is 0 Å². The Labute approximate surface area is 141 Å². The quantitative estimate of drug-likeness (QED) is 0.459. The molecule has 1 saturated heterocycles. The van der Waals surface area contributed by atoms with Crippen molar-refractivity contribution in [2.24, 2.45) is 11.7 Å². The molecule has 0 saturated carbocycles. The molecule has 9 heteroatoms. The number of carbonyl (C=O) groups is 4. The molecule has 3 amide bonds. The summed E-state index contributed by atoms with van der Waals surface area (Å²) < 4.78 is 4.98. The van der Waals surface area contributed by atoms with E-state index in [0.29, 0.717) is 13.0 Å². The zero-order valence-electron chi connectivity index (χ0n) is 14.5. The highest BCUT2D eigenvalue weighted by Crippen LogP contribution is 2.06. The lowest BCUT2D eigenvalue weighted by Gasteiger charge is -2.27. The van der Waals surface area contributed by atoms with Crippen molar-refractivity contribution in [1.82, 2.24) is 16.0 Å². The maximum absolute atomic E-state index is 12.4. The number of amides is 3. The van der Waals surface area contributed by atoms with Crippen molar-refractivity contribution < 1.29 is 23.9 Å². The first-order valence-electron chi connectivity index (χ1n) is 7.86. The fraction of sp³-hybridized carbons (Fsp3) is 0.733. The van der Waals surface area contributed by atoms with Crippen LogP contribution in [0.3, 0.4) is 0 Å². The van der Waals surface area contributed by atoms with Crippen molar-refractivity contribution in [3.05, 3.63) is 0 Å². The summed E-state index contributed by atoms with van der Waals surface area (Å²) in [6.45, 7) is 7.19. The number of nitrogens with one attached hydrogen (secondary N) is 3. The van der Waals surface area contributed by atoms with E-state index in [0.717, 1.165) is 0 Å². The second-order valence-electron chi connectivity index (χ2n) is 6.90. The first-order chi connectivity index (χ1) is 11.0. The summed E-state index contributed by atoms with van der Waals surface area (Å²) in [6.07, 6.45) is -0.456. The highest BCUT2D eigenvalue weighted by molar-refractivity contribution is 6.39. The van der Waals surface area contributed by atoms with Crippen molar-refractivity contribution in [2.75, 3.05) is 13.2 Å². The molecule has 0 aromatic rings. The first-order valence-corrected chi connectivity index (χ1v) is 7.86. The van der Waals surface area contributed by atoms with Gasteiger partial charge in [0.05, 0.1) is 6.04 Å². The highest BCUT2D eigenvalue weighted by atomic mass is 16.5. The molecule has 136 valence electrons. The molecule has 1 heterocycles. The number of piperidine rings is 1. The molecule has 0 radical (unpaired) electrons. The Morgan fingerprint density at radius 1 is 1.38 bits per heavy atom. The van der Waals surface area contributed by atoms with Crippen LogP contribution in [0.25, 0.3) is 0 Å². The van der Waals surface area contributed by atoms with Crippen LogP contribution < -0.4 is 21.7 Å². The molecule has 0 aliphatic carbocycles. The Balaban J connectivity index is 2.63. The zero-order valence-corrected chi connectivity index (χ0v) is 14.5. The predicted molar refractivity (Wildman–Crippen MR) is 85.9 cm³/mol. The molecule has 5 N–H and O–H groups in total. The van der Waals surface area contributed by atoms with Crippen molar-refractivity contribution in [2.45, 2.75) is 51.7 Å². The van der Waals surface area contributed by atoms with Crippen LogP contribution in [0.2, 0.25) is 0 Å². The standard InChI is InChI=1S/C15H26N4O5/c1-8(2)10(19-14(23)24-7-15(3,4)16)12(21)18-9-5-6-17-13(22)11(9)20/h8-10H,5-7,16H2,1-4H3,(H,17,22)(H,18,21)(H,19,23). The van der Waals surface area contributed by atoms with Gasteiger partial charge in [0.1, 0.15) is 12.6 Å². The molecule has 0 spiro atoms. The van der Waals surface area contributed by atoms with E-state index in [4.69, 9.17) is 10.5 Å². The molecule has 24 heavy (non-hydrogen) atoms. The lowest BCUT2D eigenvalue weighted by molar-refractivity contribution is -0.142. The first kappa shape index (κ1) is 19.9. The monoisotopic (exact) mass is 342 g/mol. The average Bonchev–Trinajstić information content (AvgIpc) is 2.46. The predicted octanol–water partition coefficient (Wildman–Crippen LogP) is -0.952. The SMILES string of the molecule is CC(C)C(NC(=O)OCC(C)(C)N)C(=O)NC1CCNC(=O)C1=O. The maximum Gasteiger partial charge on any atom is 0.407 e. The largest absolute Gasteiger partial charge is 0.448 e. The van der Waals surface area contributed by atoms with Crippen LogP contribution in [0.15, 0.2) is 0 Å². The van der Waals surface area contributed by atoms with Crippen LogP contribution in [-0.2, 0) is 19.1 Å². The van der Waals surface area contributed by atoms with Crippen molar-refractivity contribution in [1.29, 1.82) is 0 Å². The number of alkyl carbamates (subject to hydrolysis) is 1. The van der Waals surface area contributed by atoms with Gasteiger partial charge in [0.25, 0.3) is 5.91 Å². The minimum Gasteiger partial charge on any atom is -0.448 e. The Morgan fingerprint density at radius 3 is 2.54 bits per heavy atom. The van der Waals surface area contributed by atoms with Crippen LogP contribution in [0.1, 0.15) is 34.1 Å². The van der Waals surface area contributed by atoms with E-state index in [1.165, 1.54) is 0 Å². The van der Waals surface area contributed by atoms with Crippen LogP contribution in [-0.4, -0.2) is 54.5 Å². The van der Waals surface area contributed by atoms with Gasteiger partial charge in [0, 0.05) is 12.1 Å². The number of nitrogens with two attached hydrogens (primary N) is 1. The summed E-state index contributed by atoms with van der Waals surface area (Å²) in [6, 6.07) is -1.77. The normalized spacial score (nSPS) is 19.5. The molecular formula is C15H26N4O5. The summed E-state index contributed by atoms with van der Waals surface area (Å²) in [5, 5.41) is 7.39. The fourth-order valence-electron chi connectivity index (χ4n) is 2.06. The molecule has 1 aliphatic heterocycles. The fourth-order valence-corrected chi connectivity index (χ4v) is 2.06. The van der Waals surface area contributed by atoms with Crippen LogP contribution in [0, 0.1) is 5.92 Å². The van der Waals surface area contributed by atoms with Gasteiger partial charge in [-0.2, -0.15) is 0 Å². The number of hydrogen-bond acceptors (Lipinski definition) is 6. The molecule has 2 atom stereocenters. The van der Waals surface area contributed by atoms with Gasteiger partial charge in [0.2, 0.25) is 11.7 Å². The molecule has 2 unspecified atom stereocenters.